The number of fused-ring (bicyclic) bond motifs is 1. The van der Waals surface area contributed by atoms with Crippen LogP contribution in [0.15, 0.2) is 66.7 Å². The molecule has 0 aliphatic carbocycles. The summed E-state index contributed by atoms with van der Waals surface area (Å²) in [7, 11) is -0.177. The van der Waals surface area contributed by atoms with Gasteiger partial charge in [-0.2, -0.15) is 0 Å². The predicted octanol–water partition coefficient (Wildman–Crippen LogP) is 4.69. The van der Waals surface area contributed by atoms with Crippen LogP contribution in [0.1, 0.15) is 31.9 Å². The minimum Gasteiger partial charge on any atom is -0.444 e. The second kappa shape index (κ2) is 11.9. The molecule has 2 amide bonds. The lowest BCUT2D eigenvalue weighted by atomic mass is 10.00. The molecule has 0 unspecified atom stereocenters. The zero-order valence-electron chi connectivity index (χ0n) is 22.9. The summed E-state index contributed by atoms with van der Waals surface area (Å²) in [5, 5.41) is 2.15. The lowest BCUT2D eigenvalue weighted by Crippen LogP contribution is -2.51. The minimum atomic E-state index is -3.44. The van der Waals surface area contributed by atoms with Gasteiger partial charge in [0, 0.05) is 27.1 Å². The molecule has 0 saturated heterocycles. The van der Waals surface area contributed by atoms with Crippen molar-refractivity contribution < 1.29 is 22.7 Å². The summed E-state index contributed by atoms with van der Waals surface area (Å²) in [5.41, 5.74) is 1.47. The van der Waals surface area contributed by atoms with Crippen molar-refractivity contribution >= 4 is 38.5 Å². The van der Waals surface area contributed by atoms with E-state index in [-0.39, 0.29) is 5.91 Å². The molecule has 0 aromatic heterocycles. The maximum absolute atomic E-state index is 13.7. The van der Waals surface area contributed by atoms with Gasteiger partial charge in [0.1, 0.15) is 11.6 Å². The number of hydrogen-bond donors (Lipinski definition) is 1. The molecule has 9 heteroatoms. The Bertz CT molecular complexity index is 1400. The Labute approximate surface area is 225 Å². The highest BCUT2D eigenvalue weighted by Gasteiger charge is 2.32. The van der Waals surface area contributed by atoms with Gasteiger partial charge in [0.2, 0.25) is 15.9 Å². The van der Waals surface area contributed by atoms with Crippen LogP contribution in [0.5, 0.6) is 0 Å². The number of nitrogens with one attached hydrogen (secondary N) is 1. The summed E-state index contributed by atoms with van der Waals surface area (Å²) in [4.78, 5) is 29.6. The predicted molar refractivity (Wildman–Crippen MR) is 152 cm³/mol. The van der Waals surface area contributed by atoms with Gasteiger partial charge in [0.25, 0.3) is 0 Å². The van der Waals surface area contributed by atoms with Crippen molar-refractivity contribution in [3.63, 3.8) is 0 Å². The number of likely N-dealkylation sites (N-methyl/N-ethyl adjacent to an activating group) is 2. The second-order valence-electron chi connectivity index (χ2n) is 10.5. The Morgan fingerprint density at radius 2 is 1.58 bits per heavy atom. The van der Waals surface area contributed by atoms with Crippen LogP contribution >= 0.6 is 0 Å². The van der Waals surface area contributed by atoms with E-state index in [2.05, 4.69) is 4.72 Å². The standard InChI is InChI=1S/C29H37N3O5S/c1-29(2,3)37-28(34)32(5)26(20-21-15-16-22-11-7-8-13-24(22)19-21)27(33)31(4)18-17-23-12-9-10-14-25(23)30-38(6,35)36/h7-16,19,26,30H,17-18,20H2,1-6H3/t26-/m1/s1. The highest BCUT2D eigenvalue weighted by atomic mass is 32.2. The molecule has 8 nitrogen and oxygen atoms in total. The van der Waals surface area contributed by atoms with Gasteiger partial charge >= 0.3 is 6.09 Å². The fourth-order valence-electron chi connectivity index (χ4n) is 4.13. The molecule has 0 aliphatic rings. The Morgan fingerprint density at radius 1 is 0.947 bits per heavy atom. The van der Waals surface area contributed by atoms with Gasteiger partial charge in [-0.25, -0.2) is 13.2 Å². The zero-order chi connectivity index (χ0) is 28.1. The Kier molecular flexibility index (Phi) is 9.04. The van der Waals surface area contributed by atoms with Crippen LogP contribution in [-0.4, -0.2) is 68.8 Å². The lowest BCUT2D eigenvalue weighted by molar-refractivity contribution is -0.135. The number of para-hydroxylation sites is 1. The fourth-order valence-corrected chi connectivity index (χ4v) is 4.73. The molecule has 0 bridgehead atoms. The number of benzene rings is 3. The summed E-state index contributed by atoms with van der Waals surface area (Å²) in [6.45, 7) is 5.69. The number of carbonyl (C=O) groups is 2. The molecule has 38 heavy (non-hydrogen) atoms. The van der Waals surface area contributed by atoms with Gasteiger partial charge in [-0.3, -0.25) is 14.4 Å². The van der Waals surface area contributed by atoms with E-state index < -0.39 is 27.8 Å². The number of amides is 2. The Hall–Kier alpha value is -3.59. The molecule has 1 atom stereocenters. The fraction of sp³-hybridized carbons (Fsp3) is 0.379. The first-order valence-electron chi connectivity index (χ1n) is 12.5. The van der Waals surface area contributed by atoms with Crippen molar-refractivity contribution in [3.8, 4) is 0 Å². The van der Waals surface area contributed by atoms with Gasteiger partial charge in [-0.1, -0.05) is 60.7 Å². The number of carbonyl (C=O) groups excluding carboxylic acids is 2. The van der Waals surface area contributed by atoms with Gasteiger partial charge in [0.15, 0.2) is 0 Å². The first-order chi connectivity index (χ1) is 17.7. The lowest BCUT2D eigenvalue weighted by Gasteiger charge is -2.32. The van der Waals surface area contributed by atoms with Crippen LogP contribution in [0.4, 0.5) is 10.5 Å². The Balaban J connectivity index is 1.83. The molecular weight excluding hydrogens is 502 g/mol. The molecule has 0 radical (unpaired) electrons. The van der Waals surface area contributed by atoms with Gasteiger partial charge in [-0.05, 0) is 55.2 Å². The van der Waals surface area contributed by atoms with Gasteiger partial charge in [0.05, 0.1) is 11.9 Å². The molecule has 204 valence electrons. The number of sulfonamides is 1. The molecule has 0 spiro atoms. The van der Waals surface area contributed by atoms with Crippen LogP contribution in [0.3, 0.4) is 0 Å². The summed E-state index contributed by atoms with van der Waals surface area (Å²) in [6.07, 6.45) is 1.27. The molecule has 0 heterocycles. The number of hydrogen-bond acceptors (Lipinski definition) is 5. The highest BCUT2D eigenvalue weighted by Crippen LogP contribution is 2.21. The van der Waals surface area contributed by atoms with E-state index in [0.717, 1.165) is 28.2 Å². The first kappa shape index (κ1) is 29.0. The number of nitrogens with zero attached hydrogens (tertiary/aromatic N) is 2. The monoisotopic (exact) mass is 539 g/mol. The normalized spacial score (nSPS) is 12.6. The summed E-state index contributed by atoms with van der Waals surface area (Å²) >= 11 is 0. The van der Waals surface area contributed by atoms with Crippen LogP contribution in [0.25, 0.3) is 10.8 Å². The molecular formula is C29H37N3O5S. The third kappa shape index (κ3) is 8.21. The third-order valence-corrected chi connectivity index (χ3v) is 6.67. The largest absolute Gasteiger partial charge is 0.444 e. The molecule has 3 aromatic rings. The number of anilines is 1. The van der Waals surface area contributed by atoms with E-state index in [9.17, 15) is 18.0 Å². The SMILES string of the molecule is CN(CCc1ccccc1NS(C)(=O)=O)C(=O)[C@@H](Cc1ccc2ccccc2c1)N(C)C(=O)OC(C)(C)C. The minimum absolute atomic E-state index is 0.236. The summed E-state index contributed by atoms with van der Waals surface area (Å²) in [6, 6.07) is 20.3. The average Bonchev–Trinajstić information content (AvgIpc) is 2.83. The van der Waals surface area contributed by atoms with Crippen molar-refractivity contribution in [2.24, 2.45) is 0 Å². The van der Waals surface area contributed by atoms with Crippen molar-refractivity contribution in [1.29, 1.82) is 0 Å². The maximum Gasteiger partial charge on any atom is 0.410 e. The molecule has 0 saturated carbocycles. The van der Waals surface area contributed by atoms with E-state index in [4.69, 9.17) is 4.74 Å². The van der Waals surface area contributed by atoms with Crippen molar-refractivity contribution in [1.82, 2.24) is 9.80 Å². The third-order valence-electron chi connectivity index (χ3n) is 6.08. The quantitative estimate of drug-likeness (QED) is 0.426. The average molecular weight is 540 g/mol. The van der Waals surface area contributed by atoms with Crippen molar-refractivity contribution in [3.05, 3.63) is 77.9 Å². The van der Waals surface area contributed by atoms with Crippen LogP contribution in [0, 0.1) is 0 Å². The van der Waals surface area contributed by atoms with Crippen molar-refractivity contribution in [2.45, 2.75) is 45.3 Å². The maximum atomic E-state index is 13.7. The molecule has 0 fully saturated rings. The highest BCUT2D eigenvalue weighted by molar-refractivity contribution is 7.92. The molecule has 1 N–H and O–H groups in total. The van der Waals surface area contributed by atoms with E-state index in [0.29, 0.717) is 25.1 Å². The molecule has 3 aromatic carbocycles. The van der Waals surface area contributed by atoms with E-state index in [1.54, 1.807) is 51.9 Å². The van der Waals surface area contributed by atoms with Gasteiger partial charge in [-0.15, -0.1) is 0 Å². The van der Waals surface area contributed by atoms with Crippen LogP contribution in [0.2, 0.25) is 0 Å². The summed E-state index contributed by atoms with van der Waals surface area (Å²) < 4.78 is 31.6. The first-order valence-corrected chi connectivity index (χ1v) is 14.4. The summed E-state index contributed by atoms with van der Waals surface area (Å²) in [5.74, 6) is -0.236. The molecule has 3 rings (SSSR count). The van der Waals surface area contributed by atoms with E-state index in [1.165, 1.54) is 4.90 Å². The smallest absolute Gasteiger partial charge is 0.410 e. The van der Waals surface area contributed by atoms with Crippen LogP contribution in [-0.2, 0) is 32.4 Å². The van der Waals surface area contributed by atoms with E-state index in [1.807, 2.05) is 54.6 Å². The number of rotatable bonds is 9. The zero-order valence-corrected chi connectivity index (χ0v) is 23.7. The topological polar surface area (TPSA) is 96.0 Å². The number of ether oxygens (including phenoxy) is 1. The molecule has 0 aliphatic heterocycles. The Morgan fingerprint density at radius 3 is 2.24 bits per heavy atom. The van der Waals surface area contributed by atoms with Crippen molar-refractivity contribution in [2.75, 3.05) is 31.6 Å². The van der Waals surface area contributed by atoms with E-state index >= 15 is 0 Å². The van der Waals surface area contributed by atoms with Gasteiger partial charge < -0.3 is 9.64 Å². The second-order valence-corrected chi connectivity index (χ2v) is 12.3. The van der Waals surface area contributed by atoms with Crippen LogP contribution < -0.4 is 4.72 Å².